The number of halogens is 2. The summed E-state index contributed by atoms with van der Waals surface area (Å²) in [6.07, 6.45) is -0.524. The average Bonchev–Trinajstić information content (AvgIpc) is 3.44. The molecule has 0 aromatic heterocycles. The van der Waals surface area contributed by atoms with Crippen molar-refractivity contribution in [2.24, 2.45) is 0 Å². The Kier molecular flexibility index (Phi) is 24.5. The second-order valence-corrected chi connectivity index (χ2v) is 42.4. The van der Waals surface area contributed by atoms with E-state index in [-0.39, 0.29) is 25.7 Å². The van der Waals surface area contributed by atoms with E-state index in [1.54, 1.807) is 0 Å². The van der Waals surface area contributed by atoms with E-state index in [0.717, 1.165) is 0 Å². The van der Waals surface area contributed by atoms with Crippen molar-refractivity contribution in [1.82, 2.24) is 0 Å². The van der Waals surface area contributed by atoms with Gasteiger partial charge in [-0.15, -0.1) is 0 Å². The van der Waals surface area contributed by atoms with Crippen LogP contribution in [0, 0.1) is 0 Å². The van der Waals surface area contributed by atoms with Crippen LogP contribution in [0.4, 0.5) is 9.05 Å². The molecule has 0 unspecified atom stereocenters. The molecule has 0 bridgehead atoms. The molecule has 8 rings (SSSR count). The van der Waals surface area contributed by atoms with Gasteiger partial charge < -0.3 is 9.11 Å². The molecule has 8 aromatic rings. The third-order valence-electron chi connectivity index (χ3n) is 11.4. The molecule has 0 amide bonds. The standard InChI is InChI=1S/8C6H5.2C4H9FO6S2.2Sb/c8*1-2-4-6-5-3-1;2*5-11-13(9,10)4-2-1-3-12(6,7)8;;/h8*1-5H;2*1-4H2,(H,6,7,8);;/q;;;;;;;;;;2*+1/p-2. The van der Waals surface area contributed by atoms with Crippen LogP contribution in [0.25, 0.3) is 0 Å². The van der Waals surface area contributed by atoms with Gasteiger partial charge in [-0.2, -0.15) is 16.8 Å². The van der Waals surface area contributed by atoms with Crippen LogP contribution in [0.3, 0.4) is 0 Å². The van der Waals surface area contributed by atoms with Gasteiger partial charge in [-0.25, -0.2) is 16.8 Å². The predicted molar refractivity (Wildman–Crippen MR) is 300 cm³/mol. The van der Waals surface area contributed by atoms with Crippen LogP contribution in [-0.2, 0) is 49.2 Å². The molecule has 8 aromatic carbocycles. The number of benzene rings is 8. The summed E-state index contributed by atoms with van der Waals surface area (Å²) >= 11 is -6.33. The molecule has 76 heavy (non-hydrogen) atoms. The summed E-state index contributed by atoms with van der Waals surface area (Å²) in [5, 5.41) is 0. The van der Waals surface area contributed by atoms with Crippen molar-refractivity contribution in [3.8, 4) is 0 Å². The molecule has 400 valence electrons. The summed E-state index contributed by atoms with van der Waals surface area (Å²) in [4.78, 5) is 0. The Morgan fingerprint density at radius 3 is 0.553 bits per heavy atom. The summed E-state index contributed by atoms with van der Waals surface area (Å²) in [7, 11) is -17.1. The first-order valence-corrected chi connectivity index (χ1v) is 40.1. The molecular formula is C56H56F2O12S4Sb2. The van der Waals surface area contributed by atoms with Crippen LogP contribution in [0.5, 0.6) is 0 Å². The molecule has 0 aliphatic carbocycles. The van der Waals surface area contributed by atoms with E-state index in [2.05, 4.69) is 251 Å². The topological polar surface area (TPSA) is 201 Å². The zero-order valence-corrected chi connectivity index (χ0v) is 49.3. The maximum atomic E-state index is 11.2. The molecular weight excluding hydrogens is 1270 g/mol. The number of unbranched alkanes of at least 4 members (excludes halogenated alkanes) is 2. The summed E-state index contributed by atoms with van der Waals surface area (Å²) in [6, 6.07) is 88.8. The molecule has 0 N–H and O–H groups in total. The second-order valence-electron chi connectivity index (χ2n) is 16.6. The second kappa shape index (κ2) is 30.2. The molecule has 12 nitrogen and oxygen atoms in total. The van der Waals surface area contributed by atoms with Gasteiger partial charge in [-0.3, -0.25) is 0 Å². The molecule has 0 fully saturated rings. The van der Waals surface area contributed by atoms with E-state index >= 15 is 0 Å². The molecule has 0 saturated heterocycles. The minimum absolute atomic E-state index is 0.131. The Bertz CT molecular complexity index is 2840. The molecule has 0 aliphatic rings. The fraction of sp³-hybridized carbons (Fsp3) is 0.143. The average molecular weight is 1330 g/mol. The summed E-state index contributed by atoms with van der Waals surface area (Å²) in [5.41, 5.74) is 0. The quantitative estimate of drug-likeness (QED) is 0.0549. The van der Waals surface area contributed by atoms with Gasteiger partial charge in [0.15, 0.2) is 0 Å². The van der Waals surface area contributed by atoms with Crippen molar-refractivity contribution in [2.75, 3.05) is 23.0 Å². The van der Waals surface area contributed by atoms with Crippen LogP contribution < -0.4 is 28.1 Å². The molecule has 0 atom stereocenters. The van der Waals surface area contributed by atoms with Crippen molar-refractivity contribution < 1.29 is 60.6 Å². The molecule has 0 aliphatic heterocycles. The third kappa shape index (κ3) is 18.5. The van der Waals surface area contributed by atoms with Crippen molar-refractivity contribution in [3.63, 3.8) is 0 Å². The molecule has 0 radical (unpaired) electrons. The Balaban J connectivity index is 0.000000197. The first-order chi connectivity index (χ1) is 36.4. The van der Waals surface area contributed by atoms with Crippen molar-refractivity contribution in [2.45, 2.75) is 25.7 Å². The van der Waals surface area contributed by atoms with Gasteiger partial charge in [0.05, 0.1) is 31.7 Å². The number of rotatable bonds is 20. The van der Waals surface area contributed by atoms with Crippen molar-refractivity contribution in [1.29, 1.82) is 0 Å². The van der Waals surface area contributed by atoms with E-state index in [1.165, 1.54) is 28.1 Å². The molecule has 0 heterocycles. The maximum absolute atomic E-state index is 11.2. The van der Waals surface area contributed by atoms with Gasteiger partial charge in [0.1, 0.15) is 0 Å². The van der Waals surface area contributed by atoms with Crippen LogP contribution in [0.1, 0.15) is 25.7 Å². The first-order valence-electron chi connectivity index (χ1n) is 23.5. The zero-order chi connectivity index (χ0) is 55.0. The normalized spacial score (nSPS) is 11.8. The van der Waals surface area contributed by atoms with Crippen molar-refractivity contribution >= 4 is 106 Å². The van der Waals surface area contributed by atoms with Crippen LogP contribution in [0.15, 0.2) is 243 Å². The number of hydrogen-bond acceptors (Lipinski definition) is 12. The fourth-order valence-corrected chi connectivity index (χ4v) is 34.9. The van der Waals surface area contributed by atoms with E-state index in [1.807, 2.05) is 0 Å². The fourth-order valence-electron chi connectivity index (χ4n) is 8.18. The summed E-state index contributed by atoms with van der Waals surface area (Å²) < 4.78 is 141. The van der Waals surface area contributed by atoms with Gasteiger partial charge in [-0.1, -0.05) is 8.78 Å². The first kappa shape index (κ1) is 61.7. The van der Waals surface area contributed by atoms with Gasteiger partial charge in [0.2, 0.25) is 0 Å². The van der Waals surface area contributed by atoms with Crippen LogP contribution in [0.2, 0.25) is 0 Å². The van der Waals surface area contributed by atoms with Crippen LogP contribution in [-0.4, -0.2) is 103 Å². The van der Waals surface area contributed by atoms with E-state index in [0.29, 0.717) is 0 Å². The van der Waals surface area contributed by atoms with Crippen LogP contribution >= 0.6 is 0 Å². The Morgan fingerprint density at radius 2 is 0.421 bits per heavy atom. The molecule has 0 saturated carbocycles. The number of hydrogen-bond donors (Lipinski definition) is 0. The zero-order valence-electron chi connectivity index (χ0n) is 40.9. The predicted octanol–water partition coefficient (Wildman–Crippen LogP) is 5.21. The van der Waals surface area contributed by atoms with E-state index < -0.39 is 101 Å². The van der Waals surface area contributed by atoms with Gasteiger partial charge in [0.25, 0.3) is 20.2 Å². The SMILES string of the molecule is O=S(=O)([O-])CCCCS(=O)(=O)OF.O=S(=O)([O-])CCCCS(=O)(=O)OF.c1cc[c]([Sb+]([c]2ccccc2)([c]2ccccc2)[c]2ccccc2)cc1.c1cc[c]([Sb+]([c]2ccccc2)([c]2ccccc2)[c]2ccccc2)cc1. The van der Waals surface area contributed by atoms with E-state index in [4.69, 9.17) is 0 Å². The summed E-state index contributed by atoms with van der Waals surface area (Å²) in [5.74, 6) is -2.60. The van der Waals surface area contributed by atoms with Gasteiger partial charge in [0, 0.05) is 11.5 Å². The van der Waals surface area contributed by atoms with Gasteiger partial charge in [-0.05, 0) is 34.7 Å². The monoisotopic (exact) mass is 1330 g/mol. The van der Waals surface area contributed by atoms with Crippen molar-refractivity contribution in [3.05, 3.63) is 243 Å². The third-order valence-corrected chi connectivity index (χ3v) is 39.4. The Hall–Kier alpha value is -5.10. The van der Waals surface area contributed by atoms with Gasteiger partial charge >= 0.3 is 308 Å². The molecule has 20 heteroatoms. The molecule has 0 spiro atoms. The Morgan fingerprint density at radius 1 is 0.276 bits per heavy atom. The van der Waals surface area contributed by atoms with E-state index in [9.17, 15) is 51.8 Å². The Labute approximate surface area is 454 Å². The summed E-state index contributed by atoms with van der Waals surface area (Å²) in [6.45, 7) is 0. The minimum atomic E-state index is -4.33.